The molecule has 1 aliphatic heterocycles. The minimum absolute atomic E-state index is 0.0885. The number of piperidine rings is 1. The third-order valence-electron chi connectivity index (χ3n) is 8.47. The number of rotatable bonds is 6. The topological polar surface area (TPSA) is 84.3 Å². The minimum atomic E-state index is -3.92. The number of allylic oxidation sites excluding steroid dienone is 3. The lowest BCUT2D eigenvalue weighted by atomic mass is 9.91. The van der Waals surface area contributed by atoms with Gasteiger partial charge in [0.15, 0.2) is 5.65 Å². The van der Waals surface area contributed by atoms with Crippen molar-refractivity contribution in [1.82, 2.24) is 19.2 Å². The van der Waals surface area contributed by atoms with E-state index in [1.54, 1.807) is 45.5 Å². The zero-order chi connectivity index (χ0) is 29.5. The van der Waals surface area contributed by atoms with Crippen molar-refractivity contribution in [2.24, 2.45) is 0 Å². The molecule has 1 fully saturated rings. The van der Waals surface area contributed by atoms with E-state index in [0.29, 0.717) is 23.7 Å². The summed E-state index contributed by atoms with van der Waals surface area (Å²) in [4.78, 5) is 18.4. The first-order valence-electron chi connectivity index (χ1n) is 14.4. The average Bonchev–Trinajstić information content (AvgIpc) is 3.42. The first-order chi connectivity index (χ1) is 20.2. The SMILES string of the molecule is CN(C)C(=O)c1ccc(-c2cn(S(=O)(=O)C3(C)C=C(c4ccc(C5CCCCN5)cc4)C=CC3)c3ncccc23)cc1. The molecule has 0 bridgehead atoms. The van der Waals surface area contributed by atoms with Gasteiger partial charge >= 0.3 is 0 Å². The Morgan fingerprint density at radius 1 is 1.02 bits per heavy atom. The second kappa shape index (κ2) is 11.0. The second-order valence-electron chi connectivity index (χ2n) is 11.6. The van der Waals surface area contributed by atoms with Crippen molar-refractivity contribution in [1.29, 1.82) is 0 Å². The van der Waals surface area contributed by atoms with Crippen LogP contribution in [0.2, 0.25) is 0 Å². The van der Waals surface area contributed by atoms with E-state index in [0.717, 1.165) is 40.6 Å². The molecule has 8 heteroatoms. The predicted molar refractivity (Wildman–Crippen MR) is 169 cm³/mol. The molecular formula is C34H36N4O3S. The molecular weight excluding hydrogens is 544 g/mol. The van der Waals surface area contributed by atoms with Gasteiger partial charge in [0, 0.05) is 49.0 Å². The minimum Gasteiger partial charge on any atom is -0.345 e. The molecule has 4 aromatic rings. The molecule has 0 radical (unpaired) electrons. The quantitative estimate of drug-likeness (QED) is 0.294. The number of carbonyl (C=O) groups is 1. The largest absolute Gasteiger partial charge is 0.345 e. The summed E-state index contributed by atoms with van der Waals surface area (Å²) >= 11 is 0. The zero-order valence-electron chi connectivity index (χ0n) is 24.2. The molecule has 42 heavy (non-hydrogen) atoms. The molecule has 0 spiro atoms. The van der Waals surface area contributed by atoms with Crippen LogP contribution in [0.15, 0.2) is 91.3 Å². The van der Waals surface area contributed by atoms with Gasteiger partial charge in [-0.1, -0.05) is 61.0 Å². The van der Waals surface area contributed by atoms with Crippen molar-refractivity contribution in [2.75, 3.05) is 20.6 Å². The Hall–Kier alpha value is -4.01. The highest BCUT2D eigenvalue weighted by atomic mass is 32.2. The molecule has 2 unspecified atom stereocenters. The monoisotopic (exact) mass is 580 g/mol. The summed E-state index contributed by atoms with van der Waals surface area (Å²) in [5, 5.41) is 4.33. The fourth-order valence-corrected chi connectivity index (χ4v) is 7.63. The lowest BCUT2D eigenvalue weighted by molar-refractivity contribution is 0.0827. The summed E-state index contributed by atoms with van der Waals surface area (Å²) in [5.41, 5.74) is 5.67. The van der Waals surface area contributed by atoms with Gasteiger partial charge in [0.1, 0.15) is 4.75 Å². The van der Waals surface area contributed by atoms with E-state index in [9.17, 15) is 13.2 Å². The molecule has 216 valence electrons. The van der Waals surface area contributed by atoms with Gasteiger partial charge in [-0.05, 0) is 79.3 Å². The van der Waals surface area contributed by atoms with Crippen molar-refractivity contribution in [3.05, 3.63) is 108 Å². The van der Waals surface area contributed by atoms with Crippen molar-refractivity contribution in [3.8, 4) is 11.1 Å². The standard InChI is InChI=1S/C34H36N4O3S/c1-34(19-6-8-28(22-34)24-11-15-26(16-12-24)31-10-4-5-20-35-31)42(40,41)38-23-30(29-9-7-21-36-32(29)38)25-13-17-27(18-14-25)33(39)37(2)3/h6-9,11-18,21-23,31,35H,4-5,10,19-20H2,1-3H3. The van der Waals surface area contributed by atoms with Gasteiger partial charge in [-0.15, -0.1) is 0 Å². The third-order valence-corrected chi connectivity index (χ3v) is 10.7. The normalized spacial score (nSPS) is 20.8. The smallest absolute Gasteiger partial charge is 0.253 e. The number of hydrogen-bond acceptors (Lipinski definition) is 5. The highest BCUT2D eigenvalue weighted by Crippen LogP contribution is 2.38. The molecule has 2 aromatic carbocycles. The Morgan fingerprint density at radius 2 is 1.76 bits per heavy atom. The number of hydrogen-bond donors (Lipinski definition) is 1. The van der Waals surface area contributed by atoms with E-state index in [1.807, 2.05) is 42.5 Å². The molecule has 2 aliphatic rings. The molecule has 7 nitrogen and oxygen atoms in total. The number of aromatic nitrogens is 2. The lowest BCUT2D eigenvalue weighted by Gasteiger charge is -2.29. The van der Waals surface area contributed by atoms with E-state index >= 15 is 0 Å². The van der Waals surface area contributed by atoms with Crippen molar-refractivity contribution in [2.45, 2.75) is 43.4 Å². The van der Waals surface area contributed by atoms with E-state index < -0.39 is 14.8 Å². The van der Waals surface area contributed by atoms with Crippen LogP contribution in [0.1, 0.15) is 60.1 Å². The van der Waals surface area contributed by atoms with Gasteiger partial charge in [-0.2, -0.15) is 0 Å². The lowest BCUT2D eigenvalue weighted by Crippen LogP contribution is -2.38. The van der Waals surface area contributed by atoms with E-state index in [-0.39, 0.29) is 5.91 Å². The number of fused-ring (bicyclic) bond motifs is 1. The van der Waals surface area contributed by atoms with Gasteiger partial charge in [-0.3, -0.25) is 4.79 Å². The molecule has 0 saturated carbocycles. The zero-order valence-corrected chi connectivity index (χ0v) is 25.1. The van der Waals surface area contributed by atoms with Crippen LogP contribution in [0.4, 0.5) is 0 Å². The highest BCUT2D eigenvalue weighted by Gasteiger charge is 2.40. The first-order valence-corrected chi connectivity index (χ1v) is 15.9. The number of nitrogens with zero attached hydrogens (tertiary/aromatic N) is 3. The van der Waals surface area contributed by atoms with E-state index in [2.05, 4.69) is 34.6 Å². The Balaban J connectivity index is 1.36. The number of pyridine rings is 1. The van der Waals surface area contributed by atoms with Crippen LogP contribution in [-0.2, 0) is 10.0 Å². The van der Waals surface area contributed by atoms with Gasteiger partial charge in [0.2, 0.25) is 10.0 Å². The summed E-state index contributed by atoms with van der Waals surface area (Å²) in [6.45, 7) is 2.82. The molecule has 3 heterocycles. The fourth-order valence-electron chi connectivity index (χ4n) is 5.98. The van der Waals surface area contributed by atoms with Crippen molar-refractivity contribution in [3.63, 3.8) is 0 Å². The molecule has 6 rings (SSSR count). The maximum absolute atomic E-state index is 14.4. The Bertz CT molecular complexity index is 1800. The summed E-state index contributed by atoms with van der Waals surface area (Å²) in [6.07, 6.45) is 13.1. The molecule has 1 amide bonds. The molecule has 1 aliphatic carbocycles. The predicted octanol–water partition coefficient (Wildman–Crippen LogP) is 6.20. The van der Waals surface area contributed by atoms with Gasteiger partial charge < -0.3 is 10.2 Å². The van der Waals surface area contributed by atoms with Crippen molar-refractivity contribution >= 4 is 32.5 Å². The summed E-state index contributed by atoms with van der Waals surface area (Å²) in [6, 6.07) is 19.8. The number of nitrogens with one attached hydrogen (secondary N) is 1. The fraction of sp³-hybridized carbons (Fsp3) is 0.294. The van der Waals surface area contributed by atoms with E-state index in [1.165, 1.54) is 27.3 Å². The number of benzene rings is 2. The van der Waals surface area contributed by atoms with Crippen LogP contribution in [-0.4, -0.2) is 53.6 Å². The van der Waals surface area contributed by atoms with Gasteiger partial charge in [0.25, 0.3) is 5.91 Å². The molecule has 2 atom stereocenters. The van der Waals surface area contributed by atoms with Gasteiger partial charge in [-0.25, -0.2) is 17.4 Å². The highest BCUT2D eigenvalue weighted by molar-refractivity contribution is 7.91. The van der Waals surface area contributed by atoms with E-state index in [4.69, 9.17) is 0 Å². The summed E-state index contributed by atoms with van der Waals surface area (Å²) < 4.78 is 29.0. The van der Waals surface area contributed by atoms with Crippen LogP contribution in [0.25, 0.3) is 27.7 Å². The molecule has 2 aromatic heterocycles. The first kappa shape index (κ1) is 28.1. The van der Waals surface area contributed by atoms with Crippen molar-refractivity contribution < 1.29 is 13.2 Å². The number of carbonyl (C=O) groups excluding carboxylic acids is 1. The maximum atomic E-state index is 14.4. The van der Waals surface area contributed by atoms with Crippen LogP contribution >= 0.6 is 0 Å². The second-order valence-corrected chi connectivity index (χ2v) is 13.9. The van der Waals surface area contributed by atoms with Crippen LogP contribution < -0.4 is 5.32 Å². The summed E-state index contributed by atoms with van der Waals surface area (Å²) in [7, 11) is -0.491. The van der Waals surface area contributed by atoms with Crippen LogP contribution in [0.5, 0.6) is 0 Å². The number of amides is 1. The Labute approximate surface area is 247 Å². The molecule has 1 N–H and O–H groups in total. The van der Waals surface area contributed by atoms with Crippen LogP contribution in [0, 0.1) is 0 Å². The summed E-state index contributed by atoms with van der Waals surface area (Å²) in [5.74, 6) is -0.0885. The third kappa shape index (κ3) is 4.99. The Kier molecular flexibility index (Phi) is 7.37. The van der Waals surface area contributed by atoms with Crippen LogP contribution in [0.3, 0.4) is 0 Å². The average molecular weight is 581 g/mol. The maximum Gasteiger partial charge on any atom is 0.253 e. The van der Waals surface area contributed by atoms with Gasteiger partial charge in [0.05, 0.1) is 0 Å². The Morgan fingerprint density at radius 3 is 2.45 bits per heavy atom. The molecule has 1 saturated heterocycles.